The summed E-state index contributed by atoms with van der Waals surface area (Å²) in [5.74, 6) is -2.19. The molecule has 1 unspecified atom stereocenters. The number of nitrogens with two attached hydrogens (primary N) is 1. The Morgan fingerprint density at radius 3 is 2.50 bits per heavy atom. The molecule has 3 rings (SSSR count). The van der Waals surface area contributed by atoms with Gasteiger partial charge in [-0.25, -0.2) is 12.8 Å². The molecule has 1 aliphatic rings. The van der Waals surface area contributed by atoms with Crippen LogP contribution < -0.4 is 11.1 Å². The van der Waals surface area contributed by atoms with Crippen molar-refractivity contribution in [2.24, 2.45) is 5.73 Å². The standard InChI is InChI=1S/C20H23FN4O4S/c21-17-8-4-7-16(13-17)20(27)24-11-12-25(19(24)18(26)23-10-9-22)30(28,29)14-15-5-2-1-3-6-15/h1-8,13,19H,9-12,14,22H2,(H,23,26). The van der Waals surface area contributed by atoms with Gasteiger partial charge in [0, 0.05) is 31.7 Å². The van der Waals surface area contributed by atoms with Crippen molar-refractivity contribution in [1.82, 2.24) is 14.5 Å². The number of carbonyl (C=O) groups excluding carboxylic acids is 2. The van der Waals surface area contributed by atoms with Gasteiger partial charge >= 0.3 is 0 Å². The first-order valence-corrected chi connectivity index (χ1v) is 11.0. The number of amides is 2. The van der Waals surface area contributed by atoms with E-state index in [-0.39, 0.29) is 37.5 Å². The van der Waals surface area contributed by atoms with Crippen molar-refractivity contribution in [2.75, 3.05) is 26.2 Å². The number of nitrogens with one attached hydrogen (secondary N) is 1. The summed E-state index contributed by atoms with van der Waals surface area (Å²) in [6, 6.07) is 13.6. The summed E-state index contributed by atoms with van der Waals surface area (Å²) in [7, 11) is -3.92. The summed E-state index contributed by atoms with van der Waals surface area (Å²) in [6.07, 6.45) is -1.37. The molecule has 8 nitrogen and oxygen atoms in total. The zero-order valence-corrected chi connectivity index (χ0v) is 17.0. The molecule has 1 fully saturated rings. The quantitative estimate of drug-likeness (QED) is 0.660. The lowest BCUT2D eigenvalue weighted by molar-refractivity contribution is -0.127. The number of benzene rings is 2. The molecule has 160 valence electrons. The van der Waals surface area contributed by atoms with Crippen LogP contribution in [0.1, 0.15) is 15.9 Å². The minimum absolute atomic E-state index is 0.00405. The normalized spacial score (nSPS) is 17.1. The largest absolute Gasteiger partial charge is 0.352 e. The van der Waals surface area contributed by atoms with E-state index in [1.807, 2.05) is 0 Å². The monoisotopic (exact) mass is 434 g/mol. The smallest absolute Gasteiger partial charge is 0.259 e. The van der Waals surface area contributed by atoms with E-state index in [1.54, 1.807) is 30.3 Å². The maximum Gasteiger partial charge on any atom is 0.259 e. The Hall–Kier alpha value is -2.82. The SMILES string of the molecule is NCCNC(=O)C1N(C(=O)c2cccc(F)c2)CCN1S(=O)(=O)Cc1ccccc1. The summed E-state index contributed by atoms with van der Waals surface area (Å²) >= 11 is 0. The molecule has 0 aromatic heterocycles. The molecule has 0 spiro atoms. The van der Waals surface area contributed by atoms with Crippen molar-refractivity contribution in [3.05, 3.63) is 71.5 Å². The highest BCUT2D eigenvalue weighted by Gasteiger charge is 2.45. The Morgan fingerprint density at radius 1 is 1.10 bits per heavy atom. The van der Waals surface area contributed by atoms with Crippen LogP contribution in [0.2, 0.25) is 0 Å². The van der Waals surface area contributed by atoms with Crippen LogP contribution in [0.5, 0.6) is 0 Å². The molecule has 2 amide bonds. The fourth-order valence-corrected chi connectivity index (χ4v) is 4.98. The highest BCUT2D eigenvalue weighted by atomic mass is 32.2. The molecule has 2 aromatic rings. The maximum absolute atomic E-state index is 13.6. The van der Waals surface area contributed by atoms with E-state index in [0.29, 0.717) is 5.56 Å². The maximum atomic E-state index is 13.6. The molecular weight excluding hydrogens is 411 g/mol. The van der Waals surface area contributed by atoms with Gasteiger partial charge in [-0.3, -0.25) is 9.59 Å². The first-order chi connectivity index (χ1) is 14.3. The minimum Gasteiger partial charge on any atom is -0.352 e. The second-order valence-electron chi connectivity index (χ2n) is 6.81. The first-order valence-electron chi connectivity index (χ1n) is 9.41. The van der Waals surface area contributed by atoms with Crippen LogP contribution in [0, 0.1) is 5.82 Å². The molecule has 0 radical (unpaired) electrons. The average molecular weight is 434 g/mol. The number of hydrogen-bond donors (Lipinski definition) is 2. The Kier molecular flexibility index (Phi) is 6.80. The number of nitrogens with zero attached hydrogens (tertiary/aromatic N) is 2. The Balaban J connectivity index is 1.91. The zero-order chi connectivity index (χ0) is 21.7. The fraction of sp³-hybridized carbons (Fsp3) is 0.300. The van der Waals surface area contributed by atoms with E-state index in [1.165, 1.54) is 18.2 Å². The van der Waals surface area contributed by atoms with Crippen LogP contribution in [0.3, 0.4) is 0 Å². The third-order valence-corrected chi connectivity index (χ3v) is 6.48. The van der Waals surface area contributed by atoms with E-state index < -0.39 is 33.8 Å². The number of sulfonamides is 1. The van der Waals surface area contributed by atoms with Crippen LogP contribution in [-0.4, -0.2) is 61.8 Å². The van der Waals surface area contributed by atoms with E-state index in [2.05, 4.69) is 5.32 Å². The topological polar surface area (TPSA) is 113 Å². The summed E-state index contributed by atoms with van der Waals surface area (Å²) in [6.45, 7) is 0.248. The van der Waals surface area contributed by atoms with Crippen LogP contribution >= 0.6 is 0 Å². The lowest BCUT2D eigenvalue weighted by atomic mass is 10.2. The average Bonchev–Trinajstić information content (AvgIpc) is 3.18. The molecule has 2 aromatic carbocycles. The summed E-state index contributed by atoms with van der Waals surface area (Å²) in [5.41, 5.74) is 6.03. The van der Waals surface area contributed by atoms with Gasteiger partial charge < -0.3 is 16.0 Å². The molecular formula is C20H23FN4O4S. The van der Waals surface area contributed by atoms with Crippen molar-refractivity contribution < 1.29 is 22.4 Å². The van der Waals surface area contributed by atoms with E-state index in [0.717, 1.165) is 15.3 Å². The fourth-order valence-electron chi connectivity index (χ4n) is 3.32. The number of carbonyl (C=O) groups is 2. The molecule has 0 aliphatic carbocycles. The van der Waals surface area contributed by atoms with E-state index in [9.17, 15) is 22.4 Å². The summed E-state index contributed by atoms with van der Waals surface area (Å²) in [4.78, 5) is 26.9. The van der Waals surface area contributed by atoms with E-state index >= 15 is 0 Å². The van der Waals surface area contributed by atoms with Crippen LogP contribution in [0.25, 0.3) is 0 Å². The van der Waals surface area contributed by atoms with Crippen molar-refractivity contribution in [1.29, 1.82) is 0 Å². The van der Waals surface area contributed by atoms with Crippen molar-refractivity contribution >= 4 is 21.8 Å². The first kappa shape index (κ1) is 21.9. The van der Waals surface area contributed by atoms with Gasteiger partial charge in [0.15, 0.2) is 6.17 Å². The highest BCUT2D eigenvalue weighted by molar-refractivity contribution is 7.88. The van der Waals surface area contributed by atoms with Crippen molar-refractivity contribution in [3.8, 4) is 0 Å². The van der Waals surface area contributed by atoms with Crippen LogP contribution in [0.15, 0.2) is 54.6 Å². The summed E-state index contributed by atoms with van der Waals surface area (Å²) < 4.78 is 40.7. The Labute approximate surface area is 174 Å². The predicted molar refractivity (Wildman–Crippen MR) is 109 cm³/mol. The van der Waals surface area contributed by atoms with E-state index in [4.69, 9.17) is 5.73 Å². The molecule has 1 aliphatic heterocycles. The van der Waals surface area contributed by atoms with Crippen LogP contribution in [0.4, 0.5) is 4.39 Å². The second-order valence-corrected chi connectivity index (χ2v) is 8.74. The summed E-state index contributed by atoms with van der Waals surface area (Å²) in [5, 5.41) is 2.55. The van der Waals surface area contributed by atoms with Crippen molar-refractivity contribution in [3.63, 3.8) is 0 Å². The van der Waals surface area contributed by atoms with Crippen molar-refractivity contribution in [2.45, 2.75) is 11.9 Å². The Morgan fingerprint density at radius 2 is 1.83 bits per heavy atom. The molecule has 30 heavy (non-hydrogen) atoms. The molecule has 3 N–H and O–H groups in total. The molecule has 1 heterocycles. The third kappa shape index (κ3) is 4.84. The van der Waals surface area contributed by atoms with Gasteiger partial charge in [0.2, 0.25) is 10.0 Å². The molecule has 10 heteroatoms. The minimum atomic E-state index is -3.92. The zero-order valence-electron chi connectivity index (χ0n) is 16.2. The van der Waals surface area contributed by atoms with Gasteiger partial charge in [-0.15, -0.1) is 0 Å². The van der Waals surface area contributed by atoms with Gasteiger partial charge in [0.25, 0.3) is 11.8 Å². The predicted octanol–water partition coefficient (Wildman–Crippen LogP) is 0.515. The molecule has 0 saturated carbocycles. The van der Waals surface area contributed by atoms with Gasteiger partial charge in [0.05, 0.1) is 5.75 Å². The number of hydrogen-bond acceptors (Lipinski definition) is 5. The second kappa shape index (κ2) is 9.33. The lowest BCUT2D eigenvalue weighted by Crippen LogP contribution is -2.54. The highest BCUT2D eigenvalue weighted by Crippen LogP contribution is 2.24. The number of halogens is 1. The lowest BCUT2D eigenvalue weighted by Gasteiger charge is -2.28. The Bertz CT molecular complexity index is 1020. The van der Waals surface area contributed by atoms with Gasteiger partial charge in [-0.1, -0.05) is 36.4 Å². The third-order valence-electron chi connectivity index (χ3n) is 4.69. The molecule has 0 bridgehead atoms. The number of rotatable bonds is 7. The van der Waals surface area contributed by atoms with Crippen LogP contribution in [-0.2, 0) is 20.6 Å². The van der Waals surface area contributed by atoms with Gasteiger partial charge in [0.1, 0.15) is 5.82 Å². The molecule has 1 saturated heterocycles. The van der Waals surface area contributed by atoms with Gasteiger partial charge in [-0.05, 0) is 23.8 Å². The van der Waals surface area contributed by atoms with Gasteiger partial charge in [-0.2, -0.15) is 4.31 Å². The molecule has 1 atom stereocenters.